The molecule has 0 spiro atoms. The third-order valence-electron chi connectivity index (χ3n) is 29.4. The van der Waals surface area contributed by atoms with Gasteiger partial charge in [-0.15, -0.1) is 0 Å². The quantitative estimate of drug-likeness (QED) is 0.156. The predicted octanol–water partition coefficient (Wildman–Crippen LogP) is 22.9. The molecule has 0 N–H and O–H groups in total. The summed E-state index contributed by atoms with van der Waals surface area (Å²) in [7, 11) is 0. The highest BCUT2D eigenvalue weighted by atomic mass is 16.5. The Bertz CT molecular complexity index is 5190. The van der Waals surface area contributed by atoms with Crippen molar-refractivity contribution in [3.05, 3.63) is 243 Å². The molecule has 18 atom stereocenters. The first kappa shape index (κ1) is 61.2. The molecule has 18 unspecified atom stereocenters. The van der Waals surface area contributed by atoms with Gasteiger partial charge in [0.1, 0.15) is 0 Å². The van der Waals surface area contributed by atoms with Crippen LogP contribution in [0.2, 0.25) is 0 Å². The fourth-order valence-corrected chi connectivity index (χ4v) is 25.7. The molecule has 4 aromatic heterocycles. The van der Waals surface area contributed by atoms with E-state index in [0.29, 0.717) is 83.6 Å². The van der Waals surface area contributed by atoms with Gasteiger partial charge in [0.05, 0.1) is 70.7 Å². The molecule has 9 aliphatic rings. The number of hydrogen-bond donors (Lipinski definition) is 0. The fraction of sp³-hybridized carbons (Fsp3) is 0.375. The van der Waals surface area contributed by atoms with E-state index in [9.17, 15) is 0 Å². The zero-order valence-corrected chi connectivity index (χ0v) is 59.7. The second-order valence-corrected chi connectivity index (χ2v) is 33.9. The van der Waals surface area contributed by atoms with Crippen LogP contribution in [0.3, 0.4) is 0 Å². The molecular weight excluding hydrogens is 1270 g/mol. The molecule has 2 aliphatic heterocycles. The molecule has 7 aliphatic carbocycles. The maximum Gasteiger partial charge on any atom is 0.0786 e. The van der Waals surface area contributed by atoms with Gasteiger partial charge < -0.3 is 37.5 Å². The molecule has 14 aromatic rings. The second-order valence-electron chi connectivity index (χ2n) is 33.9. The SMILES string of the molecule is c1ccc(N2C3CCCCC3OC3CC4C5CCC(n6c7ccccc7c7cc(-n8c9ccccc9c9ccccc98)ccc76)CC5C5CC6C(CC5C5CCC(n7c8ccccc8c8cc(-n9c%10ccccc%10c%10ccccc%109)ccc87)CC5C4CC32)OC2CCCCC2N6c2ccccc2)cc1. The van der Waals surface area contributed by atoms with Crippen LogP contribution in [0.4, 0.5) is 11.4 Å². The van der Waals surface area contributed by atoms with Gasteiger partial charge in [0.2, 0.25) is 0 Å². The Balaban J connectivity index is 0.687. The lowest BCUT2D eigenvalue weighted by Crippen LogP contribution is -2.67. The Morgan fingerprint density at radius 2 is 0.538 bits per heavy atom. The first-order valence-corrected chi connectivity index (χ1v) is 40.6. The Morgan fingerprint density at radius 1 is 0.221 bits per heavy atom. The number of ether oxygens (including phenoxy) is 2. The summed E-state index contributed by atoms with van der Waals surface area (Å²) in [5, 5.41) is 10.8. The van der Waals surface area contributed by atoms with Crippen molar-refractivity contribution in [3.8, 4) is 11.4 Å². The van der Waals surface area contributed by atoms with E-state index in [1.165, 1.54) is 226 Å². The van der Waals surface area contributed by atoms with Gasteiger partial charge in [-0.1, -0.05) is 171 Å². The van der Waals surface area contributed by atoms with Crippen molar-refractivity contribution < 1.29 is 9.47 Å². The van der Waals surface area contributed by atoms with E-state index in [0.717, 1.165) is 0 Å². The molecule has 6 heterocycles. The molecule has 104 heavy (non-hydrogen) atoms. The summed E-state index contributed by atoms with van der Waals surface area (Å²) in [6, 6.07) is 96.2. The summed E-state index contributed by atoms with van der Waals surface area (Å²) in [6.07, 6.45) is 23.1. The number of rotatable bonds is 6. The summed E-state index contributed by atoms with van der Waals surface area (Å²) in [6.45, 7) is 0. The molecule has 2 saturated heterocycles. The second kappa shape index (κ2) is 24.2. The third-order valence-corrected chi connectivity index (χ3v) is 29.4. The normalized spacial score (nSPS) is 31.2. The number of fused-ring (bicyclic) bond motifs is 24. The van der Waals surface area contributed by atoms with Gasteiger partial charge in [0.15, 0.2) is 0 Å². The summed E-state index contributed by atoms with van der Waals surface area (Å²) in [4.78, 5) is 6.05. The molecule has 0 bridgehead atoms. The van der Waals surface area contributed by atoms with Crippen molar-refractivity contribution in [1.29, 1.82) is 0 Å². The van der Waals surface area contributed by atoms with Gasteiger partial charge in [-0.2, -0.15) is 0 Å². The monoisotopic (exact) mass is 1360 g/mol. The van der Waals surface area contributed by atoms with E-state index in [1.807, 2.05) is 0 Å². The van der Waals surface area contributed by atoms with Gasteiger partial charge in [0, 0.05) is 100.0 Å². The Kier molecular flexibility index (Phi) is 14.3. The maximum absolute atomic E-state index is 7.92. The van der Waals surface area contributed by atoms with Crippen LogP contribution in [0.1, 0.15) is 128 Å². The van der Waals surface area contributed by atoms with Crippen LogP contribution in [0.25, 0.3) is 98.6 Å². The molecule has 10 aromatic carbocycles. The number of aromatic nitrogens is 4. The van der Waals surface area contributed by atoms with Crippen molar-refractivity contribution in [2.24, 2.45) is 47.3 Å². The highest BCUT2D eigenvalue weighted by molar-refractivity contribution is 6.13. The largest absolute Gasteiger partial charge is 0.371 e. The lowest BCUT2D eigenvalue weighted by molar-refractivity contribution is -0.171. The van der Waals surface area contributed by atoms with Crippen molar-refractivity contribution in [2.45, 2.75) is 176 Å². The van der Waals surface area contributed by atoms with Crippen LogP contribution < -0.4 is 9.80 Å². The maximum atomic E-state index is 7.92. The van der Waals surface area contributed by atoms with Crippen LogP contribution in [0.15, 0.2) is 243 Å². The van der Waals surface area contributed by atoms with Crippen LogP contribution in [-0.2, 0) is 9.47 Å². The van der Waals surface area contributed by atoms with E-state index in [1.54, 1.807) is 0 Å². The van der Waals surface area contributed by atoms with Gasteiger partial charge in [0.25, 0.3) is 0 Å². The van der Waals surface area contributed by atoms with Gasteiger partial charge in [-0.3, -0.25) is 0 Å². The highest BCUT2D eigenvalue weighted by Gasteiger charge is 2.61. The molecule has 23 rings (SSSR count). The summed E-state index contributed by atoms with van der Waals surface area (Å²) >= 11 is 0. The minimum atomic E-state index is 0.212. The predicted molar refractivity (Wildman–Crippen MR) is 427 cm³/mol. The minimum Gasteiger partial charge on any atom is -0.371 e. The summed E-state index contributed by atoms with van der Waals surface area (Å²) < 4.78 is 26.7. The zero-order chi connectivity index (χ0) is 67.8. The molecular formula is C96H94N6O2. The van der Waals surface area contributed by atoms with E-state index in [2.05, 4.69) is 271 Å². The number of anilines is 2. The van der Waals surface area contributed by atoms with Crippen LogP contribution in [-0.4, -0.2) is 66.9 Å². The number of para-hydroxylation sites is 8. The Morgan fingerprint density at radius 3 is 0.933 bits per heavy atom. The number of nitrogens with zero attached hydrogens (tertiary/aromatic N) is 6. The first-order chi connectivity index (χ1) is 51.6. The fourth-order valence-electron chi connectivity index (χ4n) is 25.7. The van der Waals surface area contributed by atoms with E-state index in [4.69, 9.17) is 9.47 Å². The molecule has 0 amide bonds. The standard InChI is InChI=1S/C96H94N6O2/c1-3-23-59(24-4-1)97-89-39-19-21-41-93(89)103-95-57-77-66-48-44-62(102-86-38-18-12-32-72(86)80-54-64(46-50-88(80)102)100-83-35-15-9-29-69(83)70-30-10-16-36-84(70)100)52-74(66)76-56-92-96(104-94-42-22-20-40-90(94)98(92)60-25-5-2-6-26-60)58-78(76)65-47-43-61(51-73(65)75(77)55-91(95)97)101-85-37-17-11-31-71(85)79-53-63(45-49-87(79)101)99-81-33-13-7-27-67(81)68-28-8-14-34-82(68)99/h1-18,23-38,45-46,49-50,53-54,61-62,65-66,73-78,89-96H,19-22,39-44,47-48,51-52,55-58H2. The molecule has 8 heteroatoms. The number of morpholine rings is 2. The Labute approximate surface area is 610 Å². The lowest BCUT2D eigenvalue weighted by atomic mass is 9.46. The van der Waals surface area contributed by atoms with Crippen molar-refractivity contribution >= 4 is 98.6 Å². The van der Waals surface area contributed by atoms with Crippen LogP contribution >= 0.6 is 0 Å². The smallest absolute Gasteiger partial charge is 0.0786 e. The Hall–Kier alpha value is -9.08. The van der Waals surface area contributed by atoms with Gasteiger partial charge in [-0.05, 0) is 234 Å². The van der Waals surface area contributed by atoms with Gasteiger partial charge >= 0.3 is 0 Å². The minimum absolute atomic E-state index is 0.212. The molecule has 520 valence electrons. The summed E-state index contributed by atoms with van der Waals surface area (Å²) in [5.74, 6) is 4.60. The number of benzene rings is 10. The molecule has 7 saturated carbocycles. The van der Waals surface area contributed by atoms with E-state index >= 15 is 0 Å². The topological polar surface area (TPSA) is 44.7 Å². The van der Waals surface area contributed by atoms with Gasteiger partial charge in [-0.25, -0.2) is 0 Å². The zero-order valence-electron chi connectivity index (χ0n) is 59.7. The van der Waals surface area contributed by atoms with Crippen molar-refractivity contribution in [2.75, 3.05) is 9.80 Å². The molecule has 9 fully saturated rings. The van der Waals surface area contributed by atoms with Crippen LogP contribution in [0, 0.1) is 47.3 Å². The molecule has 0 radical (unpaired) electrons. The number of hydrogen-bond acceptors (Lipinski definition) is 4. The highest BCUT2D eigenvalue weighted by Crippen LogP contribution is 2.65. The lowest BCUT2D eigenvalue weighted by Gasteiger charge is -2.64. The molecule has 8 nitrogen and oxygen atoms in total. The first-order valence-electron chi connectivity index (χ1n) is 40.6. The average molecular weight is 1360 g/mol. The van der Waals surface area contributed by atoms with E-state index in [-0.39, 0.29) is 24.4 Å². The van der Waals surface area contributed by atoms with E-state index < -0.39 is 0 Å². The summed E-state index contributed by atoms with van der Waals surface area (Å²) in [5.41, 5.74) is 16.0. The van der Waals surface area contributed by atoms with Crippen LogP contribution in [0.5, 0.6) is 0 Å². The third kappa shape index (κ3) is 9.28. The van der Waals surface area contributed by atoms with Crippen molar-refractivity contribution in [3.63, 3.8) is 0 Å². The average Bonchev–Trinajstić information content (AvgIpc) is 1.52. The van der Waals surface area contributed by atoms with Crippen molar-refractivity contribution in [1.82, 2.24) is 18.3 Å².